The minimum Gasteiger partial charge on any atom is -0.392 e. The van der Waals surface area contributed by atoms with E-state index in [0.29, 0.717) is 12.0 Å². The molecule has 1 aromatic rings. The summed E-state index contributed by atoms with van der Waals surface area (Å²) in [6.07, 6.45) is -0.00882. The second kappa shape index (κ2) is 5.19. The van der Waals surface area contributed by atoms with E-state index in [4.69, 9.17) is 1.41 Å². The molecule has 0 heterocycles. The molecule has 0 aliphatic heterocycles. The van der Waals surface area contributed by atoms with Gasteiger partial charge in [-0.2, -0.15) is 0 Å². The third-order valence-corrected chi connectivity index (χ3v) is 2.26. The summed E-state index contributed by atoms with van der Waals surface area (Å²) in [5.41, 5.74) is 2.62. The lowest BCUT2D eigenvalue weighted by atomic mass is 10.0. The molecular formula is C11H15F2NO. The Hall–Kier alpha value is -1.00. The van der Waals surface area contributed by atoms with Gasteiger partial charge in [0.05, 0.1) is 6.10 Å². The van der Waals surface area contributed by atoms with Gasteiger partial charge in [0.25, 0.3) is 0 Å². The van der Waals surface area contributed by atoms with Gasteiger partial charge in [-0.25, -0.2) is 8.78 Å². The Balaban J connectivity index is 2.77. The lowest BCUT2D eigenvalue weighted by molar-refractivity contribution is 0.140. The molecule has 0 spiro atoms. The molecule has 4 heteroatoms. The van der Waals surface area contributed by atoms with Crippen LogP contribution in [-0.4, -0.2) is 17.3 Å². The number of rotatable bonds is 5. The Morgan fingerprint density at radius 1 is 1.40 bits per heavy atom. The Labute approximate surface area is 89.2 Å². The molecule has 1 unspecified atom stereocenters. The van der Waals surface area contributed by atoms with Gasteiger partial charge in [-0.3, -0.25) is 0 Å². The van der Waals surface area contributed by atoms with E-state index in [0.717, 1.165) is 6.07 Å². The summed E-state index contributed by atoms with van der Waals surface area (Å²) in [7, 11) is 0. The fourth-order valence-electron chi connectivity index (χ4n) is 1.40. The van der Waals surface area contributed by atoms with Crippen molar-refractivity contribution < 1.29 is 15.3 Å². The van der Waals surface area contributed by atoms with Gasteiger partial charge in [-0.15, -0.1) is 0 Å². The van der Waals surface area contributed by atoms with Crippen LogP contribution in [-0.2, 0) is 6.42 Å². The molecule has 3 N–H and O–H groups in total. The van der Waals surface area contributed by atoms with Gasteiger partial charge in [0.15, 0.2) is 0 Å². The number of hydrogen-bond donors (Lipinski definition) is 2. The average Bonchev–Trinajstić information content (AvgIpc) is 2.23. The minimum absolute atomic E-state index is 0.215. The van der Waals surface area contributed by atoms with Crippen LogP contribution in [0.25, 0.3) is 0 Å². The molecule has 2 nitrogen and oxygen atoms in total. The first-order valence-electron chi connectivity index (χ1n) is 5.37. The molecule has 84 valence electrons. The summed E-state index contributed by atoms with van der Waals surface area (Å²) >= 11 is 0. The topological polar surface area (TPSA) is 46.2 Å². The maximum absolute atomic E-state index is 12.9. The predicted octanol–water partition coefficient (Wildman–Crippen LogP) is 1.61. The second-order valence-electron chi connectivity index (χ2n) is 3.56. The van der Waals surface area contributed by atoms with E-state index in [9.17, 15) is 13.9 Å². The molecule has 2 atom stereocenters. The Morgan fingerprint density at radius 3 is 2.47 bits per heavy atom. The van der Waals surface area contributed by atoms with Gasteiger partial charge >= 0.3 is 0 Å². The molecule has 1 aromatic carbocycles. The first-order chi connectivity index (χ1) is 7.56. The molecule has 15 heavy (non-hydrogen) atoms. The van der Waals surface area contributed by atoms with Crippen molar-refractivity contribution in [1.82, 2.24) is 0 Å². The van der Waals surface area contributed by atoms with Crippen LogP contribution < -0.4 is 5.73 Å². The summed E-state index contributed by atoms with van der Waals surface area (Å²) in [6, 6.07) is 2.68. The fourth-order valence-corrected chi connectivity index (χ4v) is 1.40. The molecule has 0 bridgehead atoms. The minimum atomic E-state index is -0.705. The third-order valence-electron chi connectivity index (χ3n) is 2.26. The zero-order valence-corrected chi connectivity index (χ0v) is 8.50. The molecule has 0 aromatic heterocycles. The van der Waals surface area contributed by atoms with Gasteiger partial charge in [-0.05, 0) is 30.5 Å². The van der Waals surface area contributed by atoms with Crippen LogP contribution in [0.2, 0.25) is 1.41 Å². The van der Waals surface area contributed by atoms with Crippen molar-refractivity contribution in [2.24, 2.45) is 5.73 Å². The summed E-state index contributed by atoms with van der Waals surface area (Å²) in [6.45, 7) is 1.78. The van der Waals surface area contributed by atoms with Crippen molar-refractivity contribution in [3.05, 3.63) is 35.4 Å². The van der Waals surface area contributed by atoms with Crippen LogP contribution in [0, 0.1) is 11.6 Å². The van der Waals surface area contributed by atoms with Crippen molar-refractivity contribution in [2.75, 3.05) is 0 Å². The Bertz CT molecular complexity index is 329. The van der Waals surface area contributed by atoms with Crippen molar-refractivity contribution in [1.29, 1.82) is 0 Å². The molecule has 0 radical (unpaired) electrons. The van der Waals surface area contributed by atoms with Crippen molar-refractivity contribution in [2.45, 2.75) is 31.9 Å². The predicted molar refractivity (Wildman–Crippen MR) is 54.3 cm³/mol. The van der Waals surface area contributed by atoms with Crippen LogP contribution in [0.3, 0.4) is 0 Å². The zero-order valence-electron chi connectivity index (χ0n) is 9.50. The first kappa shape index (κ1) is 10.5. The third kappa shape index (κ3) is 3.57. The number of benzene rings is 1. The van der Waals surface area contributed by atoms with Gasteiger partial charge in [0.2, 0.25) is 0 Å². The van der Waals surface area contributed by atoms with Gasteiger partial charge in [0.1, 0.15) is 13.0 Å². The zero-order chi connectivity index (χ0) is 12.1. The van der Waals surface area contributed by atoms with Gasteiger partial charge < -0.3 is 10.8 Å². The highest BCUT2D eigenvalue weighted by atomic mass is 19.1. The molecule has 0 fully saturated rings. The van der Waals surface area contributed by atoms with Gasteiger partial charge in [0, 0.05) is 12.1 Å². The summed E-state index contributed by atoms with van der Waals surface area (Å²) in [5, 5.41) is 9.55. The SMILES string of the molecule is [3H]N[C@@H](Cc1cc(F)cc(F)c1)C(O)CC. The number of nitrogens with two attached hydrogens (primary N) is 1. The highest BCUT2D eigenvalue weighted by Crippen LogP contribution is 2.11. The number of aliphatic hydroxyl groups is 1. The second-order valence-corrected chi connectivity index (χ2v) is 3.56. The molecular weight excluding hydrogens is 200 g/mol. The quantitative estimate of drug-likeness (QED) is 0.787. The van der Waals surface area contributed by atoms with Crippen LogP contribution in [0.5, 0.6) is 0 Å². The number of aliphatic hydroxyl groups excluding tert-OH is 1. The van der Waals surface area contributed by atoms with E-state index in [1.54, 1.807) is 6.92 Å². The lowest BCUT2D eigenvalue weighted by Gasteiger charge is -2.17. The maximum atomic E-state index is 12.9. The van der Waals surface area contributed by atoms with E-state index >= 15 is 0 Å². The van der Waals surface area contributed by atoms with Crippen molar-refractivity contribution in [3.8, 4) is 0 Å². The van der Waals surface area contributed by atoms with Gasteiger partial charge in [-0.1, -0.05) is 6.92 Å². The van der Waals surface area contributed by atoms with Crippen LogP contribution in [0.4, 0.5) is 8.78 Å². The molecule has 0 saturated heterocycles. The Morgan fingerprint density at radius 2 is 2.00 bits per heavy atom. The normalized spacial score (nSPS) is 15.9. The van der Waals surface area contributed by atoms with Crippen LogP contribution >= 0.6 is 0 Å². The van der Waals surface area contributed by atoms with E-state index in [1.807, 2.05) is 0 Å². The summed E-state index contributed by atoms with van der Waals surface area (Å²) in [4.78, 5) is 0. The highest BCUT2D eigenvalue weighted by molar-refractivity contribution is 5.19. The average molecular weight is 217 g/mol. The molecule has 0 amide bonds. The molecule has 0 saturated carbocycles. The maximum Gasteiger partial charge on any atom is 0.126 e. The number of halogens is 2. The number of hydrogen-bond acceptors (Lipinski definition) is 2. The van der Waals surface area contributed by atoms with E-state index < -0.39 is 23.8 Å². The monoisotopic (exact) mass is 217 g/mol. The molecule has 0 aliphatic carbocycles. The van der Waals surface area contributed by atoms with Crippen molar-refractivity contribution >= 4 is 0 Å². The van der Waals surface area contributed by atoms with Crippen LogP contribution in [0.1, 0.15) is 18.9 Å². The van der Waals surface area contributed by atoms with Crippen LogP contribution in [0.15, 0.2) is 18.2 Å². The Kier molecular flexibility index (Phi) is 3.64. The standard InChI is InChI=1S/C11H15F2NO/c1-2-11(15)10(14)5-7-3-8(12)6-9(13)4-7/h3-4,6,10-11,15H,2,5,14H2,1H3/t10-,11?/m0/s1/i/hT. The van der Waals surface area contributed by atoms with E-state index in [2.05, 4.69) is 5.73 Å². The highest BCUT2D eigenvalue weighted by Gasteiger charge is 2.13. The fraction of sp³-hybridized carbons (Fsp3) is 0.455. The van der Waals surface area contributed by atoms with E-state index in [1.165, 1.54) is 12.1 Å². The summed E-state index contributed by atoms with van der Waals surface area (Å²) in [5.74, 6) is -1.30. The van der Waals surface area contributed by atoms with E-state index in [-0.39, 0.29) is 6.42 Å². The first-order valence-corrected chi connectivity index (χ1v) is 4.87. The van der Waals surface area contributed by atoms with Crippen molar-refractivity contribution in [3.63, 3.8) is 0 Å². The smallest absolute Gasteiger partial charge is 0.126 e. The summed E-state index contributed by atoms with van der Waals surface area (Å²) < 4.78 is 32.8. The molecule has 1 rings (SSSR count). The lowest BCUT2D eigenvalue weighted by Crippen LogP contribution is -2.36. The molecule has 0 aliphatic rings. The largest absolute Gasteiger partial charge is 0.392 e.